The number of carbonyl (C=O) groups is 1. The third-order valence-corrected chi connectivity index (χ3v) is 8.11. The van der Waals surface area contributed by atoms with Crippen LogP contribution in [0, 0.1) is 0 Å². The van der Waals surface area contributed by atoms with Crippen molar-refractivity contribution in [3.05, 3.63) is 12.2 Å². The summed E-state index contributed by atoms with van der Waals surface area (Å²) in [4.78, 5) is 12.7. The van der Waals surface area contributed by atoms with Crippen LogP contribution in [0.1, 0.15) is 136 Å². The second-order valence-corrected chi connectivity index (χ2v) is 12.0. The van der Waals surface area contributed by atoms with E-state index in [4.69, 9.17) is 9.47 Å². The Morgan fingerprint density at radius 3 is 1.86 bits per heavy atom. The number of rotatable bonds is 26. The minimum absolute atomic E-state index is 0.184. The lowest BCUT2D eigenvalue weighted by molar-refractivity contribution is -0.302. The van der Waals surface area contributed by atoms with Crippen molar-refractivity contribution in [1.82, 2.24) is 5.32 Å². The molecule has 0 aromatic rings. The van der Waals surface area contributed by atoms with Crippen molar-refractivity contribution in [2.45, 2.75) is 179 Å². The van der Waals surface area contributed by atoms with E-state index >= 15 is 0 Å². The molecule has 7 unspecified atom stereocenters. The van der Waals surface area contributed by atoms with Gasteiger partial charge in [0.2, 0.25) is 5.91 Å². The third-order valence-electron chi connectivity index (χ3n) is 8.11. The highest BCUT2D eigenvalue weighted by molar-refractivity contribution is 5.76. The van der Waals surface area contributed by atoms with E-state index in [1.54, 1.807) is 6.08 Å². The highest BCUT2D eigenvalue weighted by Gasteiger charge is 2.44. The Hall–Kier alpha value is -1.07. The van der Waals surface area contributed by atoms with E-state index in [0.29, 0.717) is 6.42 Å². The van der Waals surface area contributed by atoms with Crippen molar-refractivity contribution < 1.29 is 39.8 Å². The van der Waals surface area contributed by atoms with Crippen LogP contribution in [0.3, 0.4) is 0 Å². The molecule has 1 aliphatic heterocycles. The van der Waals surface area contributed by atoms with Gasteiger partial charge in [-0.25, -0.2) is 0 Å². The molecule has 1 rings (SSSR count). The summed E-state index contributed by atoms with van der Waals surface area (Å²) in [7, 11) is 0. The summed E-state index contributed by atoms with van der Waals surface area (Å²) >= 11 is 0. The molecule has 1 amide bonds. The van der Waals surface area contributed by atoms with Crippen LogP contribution in [0.2, 0.25) is 0 Å². The average molecular weight is 602 g/mol. The maximum atomic E-state index is 12.7. The fraction of sp³-hybridized carbons (Fsp3) is 0.909. The summed E-state index contributed by atoms with van der Waals surface area (Å²) in [5, 5.41) is 53.5. The summed E-state index contributed by atoms with van der Waals surface area (Å²) in [6.07, 6.45) is 17.0. The first kappa shape index (κ1) is 39.0. The van der Waals surface area contributed by atoms with Gasteiger partial charge in [-0.15, -0.1) is 0 Å². The van der Waals surface area contributed by atoms with Gasteiger partial charge in [0, 0.05) is 6.42 Å². The molecule has 7 atom stereocenters. The first-order valence-electron chi connectivity index (χ1n) is 16.9. The van der Waals surface area contributed by atoms with Crippen LogP contribution in [-0.4, -0.2) is 87.5 Å². The summed E-state index contributed by atoms with van der Waals surface area (Å²) in [6, 6.07) is -0.793. The maximum Gasteiger partial charge on any atom is 0.220 e. The number of ether oxygens (including phenoxy) is 2. The molecule has 0 spiro atoms. The molecule has 0 saturated carbocycles. The van der Waals surface area contributed by atoms with Gasteiger partial charge in [-0.1, -0.05) is 122 Å². The second-order valence-electron chi connectivity index (χ2n) is 12.0. The second kappa shape index (κ2) is 25.3. The van der Waals surface area contributed by atoms with Crippen molar-refractivity contribution >= 4 is 5.91 Å². The number of carbonyl (C=O) groups excluding carboxylic acids is 1. The van der Waals surface area contributed by atoms with Gasteiger partial charge in [0.25, 0.3) is 0 Å². The number of hydrogen-bond acceptors (Lipinski definition) is 8. The van der Waals surface area contributed by atoms with Crippen molar-refractivity contribution in [3.63, 3.8) is 0 Å². The standard InChI is InChI=1S/C33H63NO8/c1-3-5-7-9-11-13-14-15-17-19-21-23-29(37)34-26(27(36)22-20-18-16-12-10-8-6-4-2)25-41-33-32(40)31(39)30(38)28(24-35)42-33/h20,22,26-28,30-33,35-36,38-40H,3-19,21,23-25H2,1-2H3,(H,34,37)/b22-20+. The molecular weight excluding hydrogens is 538 g/mol. The monoisotopic (exact) mass is 601 g/mol. The third kappa shape index (κ3) is 17.3. The zero-order valence-corrected chi connectivity index (χ0v) is 26.5. The molecule has 1 aliphatic rings. The number of aliphatic hydroxyl groups excluding tert-OH is 5. The summed E-state index contributed by atoms with van der Waals surface area (Å²) in [6.45, 7) is 3.68. The van der Waals surface area contributed by atoms with E-state index in [9.17, 15) is 30.3 Å². The number of aliphatic hydroxyl groups is 5. The van der Waals surface area contributed by atoms with Crippen LogP contribution >= 0.6 is 0 Å². The summed E-state index contributed by atoms with van der Waals surface area (Å²) < 4.78 is 11.1. The van der Waals surface area contributed by atoms with Crippen LogP contribution in [0.4, 0.5) is 0 Å². The predicted molar refractivity (Wildman–Crippen MR) is 166 cm³/mol. The first-order valence-corrected chi connectivity index (χ1v) is 16.9. The molecule has 0 radical (unpaired) electrons. The Morgan fingerprint density at radius 2 is 1.31 bits per heavy atom. The van der Waals surface area contributed by atoms with Crippen LogP contribution in [0.5, 0.6) is 0 Å². The lowest BCUT2D eigenvalue weighted by Crippen LogP contribution is -2.60. The number of hydrogen-bond donors (Lipinski definition) is 6. The Bertz CT molecular complexity index is 676. The SMILES string of the molecule is CCCCCCCC/C=C/C(O)C(COC1OC(CO)C(O)C(O)C1O)NC(=O)CCCCCCCCCCCCC. The number of unbranched alkanes of at least 4 members (excludes halogenated alkanes) is 16. The molecule has 0 bridgehead atoms. The lowest BCUT2D eigenvalue weighted by atomic mass is 9.99. The van der Waals surface area contributed by atoms with Crippen LogP contribution in [-0.2, 0) is 14.3 Å². The minimum atomic E-state index is -1.56. The van der Waals surface area contributed by atoms with Gasteiger partial charge in [0.1, 0.15) is 24.4 Å². The van der Waals surface area contributed by atoms with Gasteiger partial charge in [0.15, 0.2) is 6.29 Å². The Kier molecular flexibility index (Phi) is 23.4. The molecular formula is C33H63NO8. The van der Waals surface area contributed by atoms with Crippen molar-refractivity contribution in [3.8, 4) is 0 Å². The topological polar surface area (TPSA) is 149 Å². The lowest BCUT2D eigenvalue weighted by Gasteiger charge is -2.40. The summed E-state index contributed by atoms with van der Waals surface area (Å²) in [5.41, 5.74) is 0. The van der Waals surface area contributed by atoms with Gasteiger partial charge in [0.05, 0.1) is 25.4 Å². The largest absolute Gasteiger partial charge is 0.394 e. The first-order chi connectivity index (χ1) is 20.3. The zero-order chi connectivity index (χ0) is 31.0. The van der Waals surface area contributed by atoms with E-state index < -0.39 is 49.5 Å². The van der Waals surface area contributed by atoms with E-state index in [2.05, 4.69) is 19.2 Å². The Morgan fingerprint density at radius 1 is 0.786 bits per heavy atom. The molecule has 1 heterocycles. The molecule has 1 saturated heterocycles. The van der Waals surface area contributed by atoms with Crippen molar-refractivity contribution in [1.29, 1.82) is 0 Å². The molecule has 248 valence electrons. The smallest absolute Gasteiger partial charge is 0.220 e. The number of amides is 1. The van der Waals surface area contributed by atoms with Crippen LogP contribution < -0.4 is 5.32 Å². The van der Waals surface area contributed by atoms with Gasteiger partial charge >= 0.3 is 0 Å². The van der Waals surface area contributed by atoms with Crippen LogP contribution in [0.25, 0.3) is 0 Å². The van der Waals surface area contributed by atoms with Crippen LogP contribution in [0.15, 0.2) is 12.2 Å². The van der Waals surface area contributed by atoms with E-state index in [1.165, 1.54) is 77.0 Å². The van der Waals surface area contributed by atoms with Crippen molar-refractivity contribution in [2.75, 3.05) is 13.2 Å². The molecule has 9 nitrogen and oxygen atoms in total. The zero-order valence-electron chi connectivity index (χ0n) is 26.5. The quantitative estimate of drug-likeness (QED) is 0.0620. The molecule has 6 N–H and O–H groups in total. The molecule has 0 aromatic carbocycles. The highest BCUT2D eigenvalue weighted by Crippen LogP contribution is 2.22. The molecule has 0 aromatic heterocycles. The van der Waals surface area contributed by atoms with E-state index in [-0.39, 0.29) is 12.5 Å². The average Bonchev–Trinajstić information content (AvgIpc) is 2.98. The minimum Gasteiger partial charge on any atom is -0.394 e. The Labute approximate surface area is 255 Å². The molecule has 42 heavy (non-hydrogen) atoms. The molecule has 0 aliphatic carbocycles. The molecule has 1 fully saturated rings. The predicted octanol–water partition coefficient (Wildman–Crippen LogP) is 4.66. The number of allylic oxidation sites excluding steroid dienone is 1. The van der Waals surface area contributed by atoms with Gasteiger partial charge in [-0.05, 0) is 19.3 Å². The van der Waals surface area contributed by atoms with Gasteiger partial charge in [-0.3, -0.25) is 4.79 Å². The van der Waals surface area contributed by atoms with Crippen molar-refractivity contribution in [2.24, 2.45) is 0 Å². The van der Waals surface area contributed by atoms with E-state index in [1.807, 2.05) is 6.08 Å². The normalized spacial score (nSPS) is 24.2. The summed E-state index contributed by atoms with van der Waals surface area (Å²) in [5.74, 6) is -0.184. The Balaban J connectivity index is 2.51. The van der Waals surface area contributed by atoms with E-state index in [0.717, 1.165) is 38.5 Å². The molecule has 9 heteroatoms. The number of nitrogens with one attached hydrogen (secondary N) is 1. The fourth-order valence-corrected chi connectivity index (χ4v) is 5.27. The highest BCUT2D eigenvalue weighted by atomic mass is 16.7. The maximum absolute atomic E-state index is 12.7. The fourth-order valence-electron chi connectivity index (χ4n) is 5.27. The van der Waals surface area contributed by atoms with Gasteiger partial charge in [-0.2, -0.15) is 0 Å². The van der Waals surface area contributed by atoms with Gasteiger partial charge < -0.3 is 40.3 Å².